The van der Waals surface area contributed by atoms with Gasteiger partial charge in [-0.1, -0.05) is 48.0 Å². The largest absolute Gasteiger partial charge is 0.355 e. The van der Waals surface area contributed by atoms with Gasteiger partial charge in [0.15, 0.2) is 6.29 Å². The van der Waals surface area contributed by atoms with Crippen LogP contribution in [0.3, 0.4) is 0 Å². The summed E-state index contributed by atoms with van der Waals surface area (Å²) in [6.45, 7) is 0. The number of fused-ring (bicyclic) bond motifs is 1. The van der Waals surface area contributed by atoms with Gasteiger partial charge in [0.2, 0.25) is 0 Å². The van der Waals surface area contributed by atoms with Gasteiger partial charge >= 0.3 is 0 Å². The van der Waals surface area contributed by atoms with Crippen LogP contribution in [0.2, 0.25) is 5.02 Å². The second-order valence-electron chi connectivity index (χ2n) is 5.25. The first-order valence-electron chi connectivity index (χ1n) is 7.55. The normalized spacial score (nSPS) is 11.3. The summed E-state index contributed by atoms with van der Waals surface area (Å²) in [4.78, 5) is 4.74. The molecule has 24 heavy (non-hydrogen) atoms. The number of hydrogen-bond donors (Lipinski definition) is 0. The lowest BCUT2D eigenvalue weighted by atomic mass is 10.0. The van der Waals surface area contributed by atoms with Crippen LogP contribution in [0.5, 0.6) is 0 Å². The minimum Gasteiger partial charge on any atom is -0.355 e. The van der Waals surface area contributed by atoms with Crippen LogP contribution in [0.25, 0.3) is 22.0 Å². The van der Waals surface area contributed by atoms with E-state index in [0.717, 1.165) is 32.1 Å². The molecule has 0 unspecified atom stereocenters. The molecule has 0 bridgehead atoms. The van der Waals surface area contributed by atoms with Gasteiger partial charge in [0, 0.05) is 30.2 Å². The molecule has 3 rings (SSSR count). The molecule has 0 saturated heterocycles. The smallest absolute Gasteiger partial charge is 0.166 e. The molecular formula is C19H18ClNO2S. The fraction of sp³-hybridized carbons (Fsp3) is 0.211. The van der Waals surface area contributed by atoms with Crippen molar-refractivity contribution in [1.29, 1.82) is 0 Å². The number of hydrogen-bond acceptors (Lipinski definition) is 4. The maximum absolute atomic E-state index is 6.31. The van der Waals surface area contributed by atoms with Crippen LogP contribution in [-0.2, 0) is 9.47 Å². The van der Waals surface area contributed by atoms with Crippen LogP contribution >= 0.6 is 23.4 Å². The highest BCUT2D eigenvalue weighted by Crippen LogP contribution is 2.30. The average Bonchev–Trinajstić information content (AvgIpc) is 2.62. The highest BCUT2D eigenvalue weighted by molar-refractivity contribution is 7.99. The number of methoxy groups -OCH3 is 2. The van der Waals surface area contributed by atoms with Crippen molar-refractivity contribution < 1.29 is 9.47 Å². The molecule has 0 spiro atoms. The molecule has 3 aromatic rings. The molecule has 3 nitrogen and oxygen atoms in total. The minimum atomic E-state index is -0.234. The van der Waals surface area contributed by atoms with E-state index in [1.807, 2.05) is 30.3 Å². The van der Waals surface area contributed by atoms with Gasteiger partial charge in [-0.15, -0.1) is 11.8 Å². The third-order valence-corrected chi connectivity index (χ3v) is 5.04. The summed E-state index contributed by atoms with van der Waals surface area (Å²) >= 11 is 7.92. The standard InChI is InChI=1S/C19H18ClNO2S/c1-22-19(23-2)12-24-18-10-9-13-7-8-14(11-17(13)21-18)15-5-3-4-6-16(15)20/h3-11,19H,12H2,1-2H3. The summed E-state index contributed by atoms with van der Waals surface area (Å²) in [6, 6.07) is 18.2. The number of thioether (sulfide) groups is 1. The van der Waals surface area contributed by atoms with Crippen LogP contribution in [0.1, 0.15) is 0 Å². The maximum Gasteiger partial charge on any atom is 0.166 e. The van der Waals surface area contributed by atoms with E-state index in [-0.39, 0.29) is 6.29 Å². The lowest BCUT2D eigenvalue weighted by molar-refractivity contribution is -0.0842. The fourth-order valence-electron chi connectivity index (χ4n) is 2.43. The summed E-state index contributed by atoms with van der Waals surface area (Å²) < 4.78 is 10.4. The number of rotatable bonds is 6. The molecule has 2 aromatic carbocycles. The van der Waals surface area contributed by atoms with Gasteiger partial charge in [-0.25, -0.2) is 4.98 Å². The molecular weight excluding hydrogens is 342 g/mol. The summed E-state index contributed by atoms with van der Waals surface area (Å²) in [6.07, 6.45) is -0.234. The Labute approximate surface area is 151 Å². The third kappa shape index (κ3) is 3.90. The van der Waals surface area contributed by atoms with Gasteiger partial charge in [-0.05, 0) is 23.8 Å². The van der Waals surface area contributed by atoms with E-state index in [4.69, 9.17) is 26.1 Å². The van der Waals surface area contributed by atoms with Crippen molar-refractivity contribution in [1.82, 2.24) is 4.98 Å². The quantitative estimate of drug-likeness (QED) is 0.443. The first-order chi connectivity index (χ1) is 11.7. The molecule has 0 radical (unpaired) electrons. The van der Waals surface area contributed by atoms with Crippen LogP contribution < -0.4 is 0 Å². The molecule has 0 amide bonds. The third-order valence-electron chi connectivity index (χ3n) is 3.74. The first kappa shape index (κ1) is 17.2. The molecule has 0 fully saturated rings. The highest BCUT2D eigenvalue weighted by atomic mass is 35.5. The van der Waals surface area contributed by atoms with Crippen molar-refractivity contribution in [3.8, 4) is 11.1 Å². The van der Waals surface area contributed by atoms with Crippen molar-refractivity contribution >= 4 is 34.3 Å². The summed E-state index contributed by atoms with van der Waals surface area (Å²) in [5, 5.41) is 2.79. The topological polar surface area (TPSA) is 31.4 Å². The number of benzene rings is 2. The number of pyridine rings is 1. The highest BCUT2D eigenvalue weighted by Gasteiger charge is 2.08. The Bertz CT molecular complexity index is 836. The van der Waals surface area contributed by atoms with Crippen LogP contribution in [0.15, 0.2) is 59.6 Å². The Hall–Kier alpha value is -1.59. The van der Waals surface area contributed by atoms with E-state index < -0.39 is 0 Å². The zero-order valence-electron chi connectivity index (χ0n) is 13.5. The van der Waals surface area contributed by atoms with Crippen LogP contribution in [0, 0.1) is 0 Å². The zero-order chi connectivity index (χ0) is 16.9. The fourth-order valence-corrected chi connectivity index (χ4v) is 3.58. The van der Waals surface area contributed by atoms with E-state index in [9.17, 15) is 0 Å². The molecule has 0 aliphatic heterocycles. The monoisotopic (exact) mass is 359 g/mol. The van der Waals surface area contributed by atoms with Crippen molar-refractivity contribution in [3.63, 3.8) is 0 Å². The second kappa shape index (κ2) is 7.99. The lowest BCUT2D eigenvalue weighted by Crippen LogP contribution is -2.15. The first-order valence-corrected chi connectivity index (χ1v) is 8.91. The van der Waals surface area contributed by atoms with E-state index in [0.29, 0.717) is 5.75 Å². The molecule has 1 heterocycles. The summed E-state index contributed by atoms with van der Waals surface area (Å²) in [5.74, 6) is 0.690. The molecule has 0 N–H and O–H groups in total. The molecule has 124 valence electrons. The van der Waals surface area contributed by atoms with Gasteiger partial charge in [0.25, 0.3) is 0 Å². The van der Waals surface area contributed by atoms with Gasteiger partial charge < -0.3 is 9.47 Å². The predicted molar refractivity (Wildman–Crippen MR) is 101 cm³/mol. The Balaban J connectivity index is 1.89. The Morgan fingerprint density at radius 3 is 2.54 bits per heavy atom. The summed E-state index contributed by atoms with van der Waals surface area (Å²) in [7, 11) is 3.27. The maximum atomic E-state index is 6.31. The molecule has 0 aliphatic rings. The molecule has 5 heteroatoms. The van der Waals surface area contributed by atoms with Crippen molar-refractivity contribution in [3.05, 3.63) is 59.6 Å². The van der Waals surface area contributed by atoms with Gasteiger partial charge in [-0.2, -0.15) is 0 Å². The SMILES string of the molecule is COC(CSc1ccc2ccc(-c3ccccc3Cl)cc2n1)OC. The number of aromatic nitrogens is 1. The molecule has 1 aromatic heterocycles. The number of nitrogens with zero attached hydrogens (tertiary/aromatic N) is 1. The lowest BCUT2D eigenvalue weighted by Gasteiger charge is -2.12. The van der Waals surface area contributed by atoms with Gasteiger partial charge in [0.1, 0.15) is 0 Å². The van der Waals surface area contributed by atoms with E-state index in [2.05, 4.69) is 24.3 Å². The van der Waals surface area contributed by atoms with Crippen LogP contribution in [0.4, 0.5) is 0 Å². The van der Waals surface area contributed by atoms with Crippen molar-refractivity contribution in [2.75, 3.05) is 20.0 Å². The van der Waals surface area contributed by atoms with Gasteiger partial charge in [0.05, 0.1) is 16.3 Å². The second-order valence-corrected chi connectivity index (χ2v) is 6.70. The predicted octanol–water partition coefficient (Wildman–Crippen LogP) is 5.27. The molecule has 0 atom stereocenters. The summed E-state index contributed by atoms with van der Waals surface area (Å²) in [5.41, 5.74) is 3.03. The Morgan fingerprint density at radius 2 is 1.79 bits per heavy atom. The average molecular weight is 360 g/mol. The molecule has 0 aliphatic carbocycles. The number of ether oxygens (including phenoxy) is 2. The van der Waals surface area contributed by atoms with Crippen LogP contribution in [-0.4, -0.2) is 31.2 Å². The van der Waals surface area contributed by atoms with E-state index in [1.165, 1.54) is 0 Å². The Kier molecular flexibility index (Phi) is 5.74. The van der Waals surface area contributed by atoms with Crippen molar-refractivity contribution in [2.24, 2.45) is 0 Å². The van der Waals surface area contributed by atoms with E-state index in [1.54, 1.807) is 26.0 Å². The van der Waals surface area contributed by atoms with E-state index >= 15 is 0 Å². The van der Waals surface area contributed by atoms with Crippen molar-refractivity contribution in [2.45, 2.75) is 11.3 Å². The minimum absolute atomic E-state index is 0.234. The van der Waals surface area contributed by atoms with Gasteiger partial charge in [-0.3, -0.25) is 0 Å². The Morgan fingerprint density at radius 1 is 1.04 bits per heavy atom. The zero-order valence-corrected chi connectivity index (χ0v) is 15.1. The number of halogens is 1. The molecule has 0 saturated carbocycles.